The fourth-order valence-electron chi connectivity index (χ4n) is 1.07. The van der Waals surface area contributed by atoms with Gasteiger partial charge < -0.3 is 10.2 Å². The quantitative estimate of drug-likeness (QED) is 0.727. The van der Waals surface area contributed by atoms with Crippen molar-refractivity contribution >= 4 is 5.97 Å². The summed E-state index contributed by atoms with van der Waals surface area (Å²) in [5.41, 5.74) is 0.639. The number of halogens is 1. The summed E-state index contributed by atoms with van der Waals surface area (Å²) < 4.78 is 12.7. The minimum Gasteiger partial charge on any atom is -0.479 e. The summed E-state index contributed by atoms with van der Waals surface area (Å²) in [6, 6.07) is 3.70. The van der Waals surface area contributed by atoms with Crippen molar-refractivity contribution in [1.82, 2.24) is 0 Å². The molecule has 1 rings (SSSR count). The molecule has 0 heterocycles. The number of hydrogen-bond acceptors (Lipinski definition) is 2. The molecule has 1 unspecified atom stereocenters. The Kier molecular flexibility index (Phi) is 2.63. The molecule has 2 N–H and O–H groups in total. The molecule has 0 fully saturated rings. The Morgan fingerprint density at radius 2 is 2.08 bits per heavy atom. The maximum atomic E-state index is 12.7. The summed E-state index contributed by atoms with van der Waals surface area (Å²) in [7, 11) is 0. The van der Waals surface area contributed by atoms with Crippen LogP contribution in [0.1, 0.15) is 17.2 Å². The Bertz CT molecular complexity index is 315. The van der Waals surface area contributed by atoms with E-state index in [1.807, 2.05) is 0 Å². The van der Waals surface area contributed by atoms with Crippen LogP contribution >= 0.6 is 0 Å². The largest absolute Gasteiger partial charge is 0.479 e. The molecule has 0 aromatic heterocycles. The van der Waals surface area contributed by atoms with E-state index >= 15 is 0 Å². The first-order valence-electron chi connectivity index (χ1n) is 3.68. The number of benzene rings is 1. The zero-order chi connectivity index (χ0) is 10.0. The number of aliphatic hydroxyl groups excluding tert-OH is 1. The van der Waals surface area contributed by atoms with Crippen LogP contribution in [0.3, 0.4) is 0 Å². The summed E-state index contributed by atoms with van der Waals surface area (Å²) in [4.78, 5) is 10.3. The Hall–Kier alpha value is -1.42. The van der Waals surface area contributed by atoms with Crippen LogP contribution in [0.2, 0.25) is 0 Å². The molecule has 0 aliphatic carbocycles. The number of aliphatic carboxylic acids is 1. The Labute approximate surface area is 74.4 Å². The van der Waals surface area contributed by atoms with Gasteiger partial charge in [-0.1, -0.05) is 6.07 Å². The Morgan fingerprint density at radius 1 is 1.46 bits per heavy atom. The summed E-state index contributed by atoms with van der Waals surface area (Å²) in [6.45, 7) is 1.63. The van der Waals surface area contributed by atoms with Crippen molar-refractivity contribution in [1.29, 1.82) is 0 Å². The van der Waals surface area contributed by atoms with E-state index in [0.29, 0.717) is 5.56 Å². The number of hydrogen-bond donors (Lipinski definition) is 2. The van der Waals surface area contributed by atoms with Crippen molar-refractivity contribution in [2.45, 2.75) is 13.0 Å². The van der Waals surface area contributed by atoms with E-state index in [-0.39, 0.29) is 5.56 Å². The molecule has 0 radical (unpaired) electrons. The van der Waals surface area contributed by atoms with Gasteiger partial charge in [0.05, 0.1) is 0 Å². The standard InChI is InChI=1S/C9H9FO3/c1-5-2-6(4-7(10)3-5)8(11)9(12)13/h2-4,8,11H,1H3,(H,12,13). The molecule has 0 aliphatic rings. The third-order valence-corrected chi connectivity index (χ3v) is 1.61. The maximum Gasteiger partial charge on any atom is 0.337 e. The Balaban J connectivity index is 3.07. The highest BCUT2D eigenvalue weighted by Gasteiger charge is 2.16. The van der Waals surface area contributed by atoms with Gasteiger partial charge in [-0.15, -0.1) is 0 Å². The van der Waals surface area contributed by atoms with Crippen LogP contribution in [0, 0.1) is 12.7 Å². The molecule has 4 heteroatoms. The molecule has 0 amide bonds. The van der Waals surface area contributed by atoms with Gasteiger partial charge in [-0.25, -0.2) is 9.18 Å². The van der Waals surface area contributed by atoms with Crippen LogP contribution in [0.5, 0.6) is 0 Å². The number of carboxylic acids is 1. The van der Waals surface area contributed by atoms with Gasteiger partial charge in [-0.2, -0.15) is 0 Å². The molecule has 0 saturated heterocycles. The highest BCUT2D eigenvalue weighted by atomic mass is 19.1. The predicted molar refractivity (Wildman–Crippen MR) is 43.7 cm³/mol. The smallest absolute Gasteiger partial charge is 0.337 e. The van der Waals surface area contributed by atoms with E-state index in [4.69, 9.17) is 10.2 Å². The minimum atomic E-state index is -1.66. The molecule has 0 aliphatic heterocycles. The molecule has 0 saturated carbocycles. The maximum absolute atomic E-state index is 12.7. The summed E-state index contributed by atoms with van der Waals surface area (Å²) in [5, 5.41) is 17.5. The van der Waals surface area contributed by atoms with E-state index in [9.17, 15) is 9.18 Å². The van der Waals surface area contributed by atoms with E-state index in [1.165, 1.54) is 12.1 Å². The fourth-order valence-corrected chi connectivity index (χ4v) is 1.07. The van der Waals surface area contributed by atoms with E-state index in [0.717, 1.165) is 6.07 Å². The number of carbonyl (C=O) groups is 1. The second-order valence-corrected chi connectivity index (χ2v) is 2.80. The number of carboxylic acid groups (broad SMARTS) is 1. The molecule has 1 atom stereocenters. The molecule has 70 valence electrons. The van der Waals surface area contributed by atoms with Crippen molar-refractivity contribution in [2.75, 3.05) is 0 Å². The van der Waals surface area contributed by atoms with Crippen molar-refractivity contribution in [3.63, 3.8) is 0 Å². The second-order valence-electron chi connectivity index (χ2n) is 2.80. The van der Waals surface area contributed by atoms with Gasteiger partial charge in [0.1, 0.15) is 5.82 Å². The van der Waals surface area contributed by atoms with Crippen molar-refractivity contribution < 1.29 is 19.4 Å². The first-order valence-corrected chi connectivity index (χ1v) is 3.68. The normalized spacial score (nSPS) is 12.5. The van der Waals surface area contributed by atoms with E-state index < -0.39 is 17.9 Å². The lowest BCUT2D eigenvalue weighted by molar-refractivity contribution is -0.146. The third-order valence-electron chi connectivity index (χ3n) is 1.61. The average molecular weight is 184 g/mol. The van der Waals surface area contributed by atoms with Crippen molar-refractivity contribution in [2.24, 2.45) is 0 Å². The van der Waals surface area contributed by atoms with Gasteiger partial charge in [-0.05, 0) is 30.2 Å². The van der Waals surface area contributed by atoms with Gasteiger partial charge >= 0.3 is 5.97 Å². The van der Waals surface area contributed by atoms with Crippen LogP contribution < -0.4 is 0 Å². The fraction of sp³-hybridized carbons (Fsp3) is 0.222. The predicted octanol–water partition coefficient (Wildman–Crippen LogP) is 1.25. The summed E-state index contributed by atoms with van der Waals surface area (Å²) in [6.07, 6.45) is -1.66. The van der Waals surface area contributed by atoms with Crippen LogP contribution in [-0.2, 0) is 4.79 Å². The van der Waals surface area contributed by atoms with Crippen LogP contribution in [0.25, 0.3) is 0 Å². The molecule has 1 aromatic carbocycles. The van der Waals surface area contributed by atoms with Gasteiger partial charge in [0, 0.05) is 0 Å². The Morgan fingerprint density at radius 3 is 2.54 bits per heavy atom. The molecule has 3 nitrogen and oxygen atoms in total. The minimum absolute atomic E-state index is 0.0602. The van der Waals surface area contributed by atoms with Crippen LogP contribution in [0.4, 0.5) is 4.39 Å². The summed E-state index contributed by atoms with van der Waals surface area (Å²) in [5.74, 6) is -1.93. The molecular formula is C9H9FO3. The highest BCUT2D eigenvalue weighted by molar-refractivity contribution is 5.74. The average Bonchev–Trinajstić information content (AvgIpc) is 2.01. The topological polar surface area (TPSA) is 57.5 Å². The number of rotatable bonds is 2. The molecule has 1 aromatic rings. The molecular weight excluding hydrogens is 175 g/mol. The lowest BCUT2D eigenvalue weighted by atomic mass is 10.1. The number of aryl methyl sites for hydroxylation is 1. The lowest BCUT2D eigenvalue weighted by Crippen LogP contribution is -2.10. The monoisotopic (exact) mass is 184 g/mol. The zero-order valence-corrected chi connectivity index (χ0v) is 6.99. The van der Waals surface area contributed by atoms with Crippen LogP contribution in [-0.4, -0.2) is 16.2 Å². The first kappa shape index (κ1) is 9.67. The second kappa shape index (κ2) is 3.53. The zero-order valence-electron chi connectivity index (χ0n) is 6.99. The number of aliphatic hydroxyl groups is 1. The third kappa shape index (κ3) is 2.26. The van der Waals surface area contributed by atoms with E-state index in [2.05, 4.69) is 0 Å². The molecule has 0 bridgehead atoms. The summed E-state index contributed by atoms with van der Waals surface area (Å²) >= 11 is 0. The first-order chi connectivity index (χ1) is 6.00. The van der Waals surface area contributed by atoms with Crippen molar-refractivity contribution in [3.05, 3.63) is 35.1 Å². The van der Waals surface area contributed by atoms with Crippen molar-refractivity contribution in [3.8, 4) is 0 Å². The molecule has 13 heavy (non-hydrogen) atoms. The SMILES string of the molecule is Cc1cc(F)cc(C(O)C(=O)O)c1. The molecule has 0 spiro atoms. The lowest BCUT2D eigenvalue weighted by Gasteiger charge is -2.06. The van der Waals surface area contributed by atoms with Gasteiger partial charge in [0.15, 0.2) is 6.10 Å². The van der Waals surface area contributed by atoms with Crippen LogP contribution in [0.15, 0.2) is 18.2 Å². The van der Waals surface area contributed by atoms with Gasteiger partial charge in [0.25, 0.3) is 0 Å². The van der Waals surface area contributed by atoms with Gasteiger partial charge in [-0.3, -0.25) is 0 Å². The van der Waals surface area contributed by atoms with E-state index in [1.54, 1.807) is 6.92 Å². The van der Waals surface area contributed by atoms with Gasteiger partial charge in [0.2, 0.25) is 0 Å². The highest BCUT2D eigenvalue weighted by Crippen LogP contribution is 2.16.